The molecular formula is C83H68N2. The quantitative estimate of drug-likeness (QED) is 0.153. The average molecular weight is 1090 g/mol. The Morgan fingerprint density at radius 3 is 1.02 bits per heavy atom. The highest BCUT2D eigenvalue weighted by molar-refractivity contribution is 6.25. The molecule has 12 aromatic rings. The van der Waals surface area contributed by atoms with Crippen LogP contribution in [0.1, 0.15) is 129 Å². The Morgan fingerprint density at radius 1 is 0.259 bits per heavy atom. The summed E-state index contributed by atoms with van der Waals surface area (Å²) in [5, 5.41) is 7.50. The summed E-state index contributed by atoms with van der Waals surface area (Å²) in [7, 11) is 0. The van der Waals surface area contributed by atoms with E-state index in [0.717, 1.165) is 0 Å². The van der Waals surface area contributed by atoms with Gasteiger partial charge in [0.25, 0.3) is 0 Å². The van der Waals surface area contributed by atoms with Gasteiger partial charge in [0.05, 0.1) is 11.4 Å². The average Bonchev–Trinajstić information content (AvgIpc) is 1.85. The highest BCUT2D eigenvalue weighted by Crippen LogP contribution is 2.61. The first-order chi connectivity index (χ1) is 41.5. The molecule has 18 rings (SSSR count). The number of hydrogen-bond donors (Lipinski definition) is 0. The Hall–Kier alpha value is -8.98. The minimum Gasteiger partial charge on any atom is -0.310 e. The van der Waals surface area contributed by atoms with E-state index in [9.17, 15) is 0 Å². The monoisotopic (exact) mass is 1090 g/mol. The van der Waals surface area contributed by atoms with Crippen molar-refractivity contribution in [3.05, 3.63) is 275 Å². The normalized spacial score (nSPS) is 17.0. The van der Waals surface area contributed by atoms with Crippen molar-refractivity contribution < 1.29 is 0 Å². The largest absolute Gasteiger partial charge is 0.310 e. The minimum absolute atomic E-state index is 0.0231. The van der Waals surface area contributed by atoms with E-state index in [0.29, 0.717) is 0 Å². The van der Waals surface area contributed by atoms with Crippen LogP contribution in [0.2, 0.25) is 0 Å². The van der Waals surface area contributed by atoms with E-state index in [1.807, 2.05) is 0 Å². The van der Waals surface area contributed by atoms with Gasteiger partial charge in [0, 0.05) is 55.2 Å². The van der Waals surface area contributed by atoms with E-state index >= 15 is 0 Å². The molecule has 0 radical (unpaired) electrons. The van der Waals surface area contributed by atoms with E-state index in [2.05, 4.69) is 269 Å². The smallest absolute Gasteiger partial charge is 0.0546 e. The van der Waals surface area contributed by atoms with Gasteiger partial charge in [-0.15, -0.1) is 0 Å². The molecule has 410 valence electrons. The van der Waals surface area contributed by atoms with Crippen LogP contribution < -0.4 is 9.80 Å². The van der Waals surface area contributed by atoms with Crippen molar-refractivity contribution in [2.45, 2.75) is 108 Å². The number of hydrogen-bond acceptors (Lipinski definition) is 2. The summed E-state index contributed by atoms with van der Waals surface area (Å²) < 4.78 is 0. The van der Waals surface area contributed by atoms with Crippen LogP contribution in [0.5, 0.6) is 0 Å². The Morgan fingerprint density at radius 2 is 0.576 bits per heavy atom. The van der Waals surface area contributed by atoms with Crippen LogP contribution in [0.25, 0.3) is 76.8 Å². The van der Waals surface area contributed by atoms with E-state index in [-0.39, 0.29) is 21.7 Å². The fourth-order valence-electron chi connectivity index (χ4n) is 18.2. The van der Waals surface area contributed by atoms with Gasteiger partial charge in [-0.25, -0.2) is 0 Å². The second kappa shape index (κ2) is 17.6. The summed E-state index contributed by atoms with van der Waals surface area (Å²) in [6.45, 7) is 11.9. The third-order valence-electron chi connectivity index (χ3n) is 22.2. The number of fused-ring (bicyclic) bond motifs is 21. The van der Waals surface area contributed by atoms with Crippen molar-refractivity contribution >= 4 is 66.4 Å². The maximum Gasteiger partial charge on any atom is 0.0546 e. The summed E-state index contributed by atoms with van der Waals surface area (Å²) in [6.07, 6.45) is 9.76. The fraction of sp³-hybridized carbons (Fsp3) is 0.205. The summed E-state index contributed by atoms with van der Waals surface area (Å²) in [6, 6.07) is 88.2. The molecule has 0 aliphatic heterocycles. The van der Waals surface area contributed by atoms with E-state index in [1.54, 1.807) is 0 Å². The Kier molecular flexibility index (Phi) is 10.2. The Bertz CT molecular complexity index is 4880. The molecule has 0 heterocycles. The Balaban J connectivity index is 0.897. The zero-order chi connectivity index (χ0) is 56.7. The molecular weight excluding hydrogens is 1020 g/mol. The fourth-order valence-corrected chi connectivity index (χ4v) is 18.2. The van der Waals surface area contributed by atoms with Crippen molar-refractivity contribution in [3.8, 4) is 44.5 Å². The van der Waals surface area contributed by atoms with Gasteiger partial charge in [-0.05, 0) is 204 Å². The highest BCUT2D eigenvalue weighted by atomic mass is 15.2. The van der Waals surface area contributed by atoms with Gasteiger partial charge in [-0.1, -0.05) is 223 Å². The molecule has 2 saturated carbocycles. The lowest BCUT2D eigenvalue weighted by Gasteiger charge is -2.33. The summed E-state index contributed by atoms with van der Waals surface area (Å²) in [4.78, 5) is 5.28. The van der Waals surface area contributed by atoms with E-state index in [1.165, 1.54) is 212 Å². The number of anilines is 6. The standard InChI is InChI=1S/C83H68N2/c1-51-30-35-66-67(44-51)69-50-78(84(52-31-36-61-57-21-8-12-26-70(57)80(2,3)74(61)45-52)54-33-38-63-59-23-10-14-28-72(59)82(76(63)47-54)40-16-17-41-82)65-25-7-6-20-56(65)68(69)49-79(66)85(53-32-37-62-58-22-9-13-27-71(58)81(4,5)75(62)46-53)55-34-39-64-60-24-11-15-29-73(60)83(77(64)48-55)42-18-19-43-83/h6-15,20-39,44-50H,16-19,40-43H2,1-5H3. The van der Waals surface area contributed by atoms with Crippen molar-refractivity contribution in [2.75, 3.05) is 9.80 Å². The molecule has 0 atom stereocenters. The van der Waals surface area contributed by atoms with Gasteiger partial charge in [0.15, 0.2) is 0 Å². The zero-order valence-corrected chi connectivity index (χ0v) is 49.4. The molecule has 6 aliphatic rings. The summed E-state index contributed by atoms with van der Waals surface area (Å²) in [5.41, 5.74) is 30.7. The molecule has 0 bridgehead atoms. The summed E-state index contributed by atoms with van der Waals surface area (Å²) >= 11 is 0. The first-order valence-corrected chi connectivity index (χ1v) is 31.5. The maximum atomic E-state index is 2.64. The lowest BCUT2D eigenvalue weighted by molar-refractivity contribution is 0.550. The van der Waals surface area contributed by atoms with Crippen LogP contribution in [0.15, 0.2) is 224 Å². The molecule has 2 heteroatoms. The molecule has 0 N–H and O–H groups in total. The van der Waals surface area contributed by atoms with Crippen molar-refractivity contribution in [1.29, 1.82) is 0 Å². The number of aryl methyl sites for hydroxylation is 1. The lowest BCUT2D eigenvalue weighted by Crippen LogP contribution is -2.21. The first kappa shape index (κ1) is 49.4. The Labute approximate surface area is 500 Å². The molecule has 6 aliphatic carbocycles. The van der Waals surface area contributed by atoms with Crippen LogP contribution in [0.3, 0.4) is 0 Å². The molecule has 0 aromatic heterocycles. The van der Waals surface area contributed by atoms with Crippen LogP contribution in [0, 0.1) is 6.92 Å². The van der Waals surface area contributed by atoms with Crippen LogP contribution in [-0.2, 0) is 21.7 Å². The SMILES string of the molecule is Cc1ccc2c(N(c3ccc4c(c3)C(C)(C)c3ccccc3-4)c3ccc4c(c3)C3(CCCC3)c3ccccc3-4)cc3c4ccccc4c(N(c4ccc5c(c4)C(C)(C)c4ccccc4-5)c4ccc5c(c4)C4(CCCC4)c4ccccc4-5)cc3c2c1. The molecule has 2 spiro atoms. The topological polar surface area (TPSA) is 6.48 Å². The van der Waals surface area contributed by atoms with Gasteiger partial charge < -0.3 is 9.80 Å². The second-order valence-electron chi connectivity index (χ2n) is 27.1. The van der Waals surface area contributed by atoms with Crippen LogP contribution in [-0.4, -0.2) is 0 Å². The molecule has 12 aromatic carbocycles. The molecule has 0 unspecified atom stereocenters. The molecule has 0 saturated heterocycles. The van der Waals surface area contributed by atoms with Gasteiger partial charge in [-0.2, -0.15) is 0 Å². The predicted octanol–water partition coefficient (Wildman–Crippen LogP) is 22.7. The van der Waals surface area contributed by atoms with Gasteiger partial charge in [-0.3, -0.25) is 0 Å². The number of rotatable bonds is 6. The maximum absolute atomic E-state index is 2.64. The van der Waals surface area contributed by atoms with E-state index in [4.69, 9.17) is 0 Å². The minimum atomic E-state index is -0.165. The van der Waals surface area contributed by atoms with Gasteiger partial charge in [0.1, 0.15) is 0 Å². The van der Waals surface area contributed by atoms with Crippen molar-refractivity contribution in [2.24, 2.45) is 0 Å². The third-order valence-corrected chi connectivity index (χ3v) is 22.2. The number of benzene rings is 12. The molecule has 0 amide bonds. The van der Waals surface area contributed by atoms with Gasteiger partial charge >= 0.3 is 0 Å². The van der Waals surface area contributed by atoms with Crippen molar-refractivity contribution in [3.63, 3.8) is 0 Å². The summed E-state index contributed by atoms with van der Waals surface area (Å²) in [5.74, 6) is 0. The predicted molar refractivity (Wildman–Crippen MR) is 358 cm³/mol. The second-order valence-corrected chi connectivity index (χ2v) is 27.1. The lowest BCUT2D eigenvalue weighted by atomic mass is 9.76. The van der Waals surface area contributed by atoms with Crippen LogP contribution in [0.4, 0.5) is 34.1 Å². The highest BCUT2D eigenvalue weighted by Gasteiger charge is 2.47. The third kappa shape index (κ3) is 6.66. The zero-order valence-electron chi connectivity index (χ0n) is 49.4. The van der Waals surface area contributed by atoms with E-state index < -0.39 is 0 Å². The molecule has 2 nitrogen and oxygen atoms in total. The number of nitrogens with zero attached hydrogens (tertiary/aromatic N) is 2. The molecule has 2 fully saturated rings. The van der Waals surface area contributed by atoms with Crippen LogP contribution >= 0.6 is 0 Å². The molecule has 85 heavy (non-hydrogen) atoms. The van der Waals surface area contributed by atoms with Crippen molar-refractivity contribution in [1.82, 2.24) is 0 Å². The van der Waals surface area contributed by atoms with Gasteiger partial charge in [0.2, 0.25) is 0 Å². The first-order valence-electron chi connectivity index (χ1n) is 31.5.